The lowest BCUT2D eigenvalue weighted by Gasteiger charge is -2.35. The van der Waals surface area contributed by atoms with E-state index in [0.717, 1.165) is 17.3 Å². The van der Waals surface area contributed by atoms with Crippen LogP contribution in [0.2, 0.25) is 5.28 Å². The van der Waals surface area contributed by atoms with Crippen molar-refractivity contribution in [2.24, 2.45) is 29.4 Å². The molecule has 0 radical (unpaired) electrons. The number of aryl methyl sites for hydroxylation is 1. The largest absolute Gasteiger partial charge is 0.369 e. The van der Waals surface area contributed by atoms with Gasteiger partial charge in [0.15, 0.2) is 11.6 Å². The van der Waals surface area contributed by atoms with Crippen molar-refractivity contribution in [1.82, 2.24) is 14.7 Å². The Morgan fingerprint density at radius 2 is 2.12 bits per heavy atom. The van der Waals surface area contributed by atoms with Gasteiger partial charge in [-0.1, -0.05) is 29.8 Å². The molecule has 2 aromatic rings. The molecule has 2 bridgehead atoms. The maximum absolute atomic E-state index is 14.2. The van der Waals surface area contributed by atoms with Crippen LogP contribution in [0.3, 0.4) is 0 Å². The first-order chi connectivity index (χ1) is 15.1. The molecule has 1 aromatic carbocycles. The first kappa shape index (κ1) is 22.9. The zero-order chi connectivity index (χ0) is 23.0. The van der Waals surface area contributed by atoms with Gasteiger partial charge in [-0.25, -0.2) is 22.5 Å². The number of anilines is 1. The number of primary amides is 1. The van der Waals surface area contributed by atoms with Crippen LogP contribution in [-0.4, -0.2) is 36.9 Å². The quantitative estimate of drug-likeness (QED) is 0.496. The van der Waals surface area contributed by atoms with E-state index in [0.29, 0.717) is 12.8 Å². The number of carbonyl (C=O) groups excluding carboxylic acids is 1. The zero-order valence-electron chi connectivity index (χ0n) is 17.5. The minimum Gasteiger partial charge on any atom is -0.369 e. The number of nitrogens with zero attached hydrogens (tertiary/aromatic N) is 2. The van der Waals surface area contributed by atoms with Gasteiger partial charge in [-0.3, -0.25) is 4.79 Å². The van der Waals surface area contributed by atoms with Crippen LogP contribution in [0, 0.1) is 36.4 Å². The van der Waals surface area contributed by atoms with Gasteiger partial charge < -0.3 is 11.1 Å². The van der Waals surface area contributed by atoms with Crippen molar-refractivity contribution in [3.8, 4) is 0 Å². The smallest absolute Gasteiger partial charge is 0.224 e. The molecule has 0 aliphatic heterocycles. The maximum atomic E-state index is 14.2. The van der Waals surface area contributed by atoms with E-state index < -0.39 is 33.7 Å². The minimum atomic E-state index is -3.53. The van der Waals surface area contributed by atoms with Crippen LogP contribution in [0.4, 0.5) is 10.2 Å². The second-order valence-corrected chi connectivity index (χ2v) is 10.8. The third-order valence-corrected chi connectivity index (χ3v) is 8.00. The Bertz CT molecular complexity index is 1130. The van der Waals surface area contributed by atoms with Gasteiger partial charge in [0.05, 0.1) is 17.9 Å². The standard InChI is InChI=1S/C21H25ClFN5O3S/c1-11-3-2-4-12(5-11)10-32(30,31)26-8-14-6-13-7-15(14)18(17(13)19(24)29)27-20-16(23)9-25-21(22)28-20/h2-5,9,13-15,17-18,26H,6-8,10H2,1H3,(H2,24,29)(H,25,27,28)/t13-,14+,15-,17+,18-/m1/s1. The summed E-state index contributed by atoms with van der Waals surface area (Å²) < 4.78 is 42.1. The SMILES string of the molecule is Cc1cccc(CS(=O)(=O)NC[C@@H]2C[C@@H]3C[C@H]2[C@@H](Nc2nc(Cl)ncc2F)[C@H]3C(N)=O)c1. The highest BCUT2D eigenvalue weighted by Crippen LogP contribution is 2.52. The number of hydrogen-bond donors (Lipinski definition) is 3. The zero-order valence-corrected chi connectivity index (χ0v) is 19.0. The maximum Gasteiger partial charge on any atom is 0.224 e. The number of rotatable bonds is 8. The van der Waals surface area contributed by atoms with Crippen molar-refractivity contribution < 1.29 is 17.6 Å². The second-order valence-electron chi connectivity index (χ2n) is 8.69. The van der Waals surface area contributed by atoms with Gasteiger partial charge >= 0.3 is 0 Å². The average molecular weight is 482 g/mol. The highest BCUT2D eigenvalue weighted by Gasteiger charge is 2.55. The van der Waals surface area contributed by atoms with Gasteiger partial charge in [-0.2, -0.15) is 4.98 Å². The number of sulfonamides is 1. The summed E-state index contributed by atoms with van der Waals surface area (Å²) in [4.78, 5) is 19.6. The summed E-state index contributed by atoms with van der Waals surface area (Å²) in [5.74, 6) is -1.91. The number of carbonyl (C=O) groups is 1. The molecule has 1 aromatic heterocycles. The number of halogens is 2. The molecule has 5 atom stereocenters. The molecule has 2 aliphatic rings. The van der Waals surface area contributed by atoms with Crippen LogP contribution in [0.1, 0.15) is 24.0 Å². The molecule has 0 saturated heterocycles. The highest BCUT2D eigenvalue weighted by molar-refractivity contribution is 7.88. The molecule has 0 unspecified atom stereocenters. The molecule has 1 heterocycles. The Labute approximate surface area is 191 Å². The molecular formula is C21H25ClFN5O3S. The minimum absolute atomic E-state index is 0.00153. The number of aromatic nitrogens is 2. The van der Waals surface area contributed by atoms with E-state index in [4.69, 9.17) is 17.3 Å². The number of fused-ring (bicyclic) bond motifs is 2. The fourth-order valence-corrected chi connectivity index (χ4v) is 6.57. The molecule has 32 heavy (non-hydrogen) atoms. The van der Waals surface area contributed by atoms with Gasteiger partial charge in [0.1, 0.15) is 0 Å². The Balaban J connectivity index is 1.46. The summed E-state index contributed by atoms with van der Waals surface area (Å²) in [5, 5.41) is 2.88. The van der Waals surface area contributed by atoms with Crippen LogP contribution in [0.5, 0.6) is 0 Å². The van der Waals surface area contributed by atoms with Crippen LogP contribution in [0.15, 0.2) is 30.5 Å². The van der Waals surface area contributed by atoms with Crippen molar-refractivity contribution in [1.29, 1.82) is 0 Å². The predicted molar refractivity (Wildman–Crippen MR) is 119 cm³/mol. The fraction of sp³-hybridized carbons (Fsp3) is 0.476. The molecule has 172 valence electrons. The van der Waals surface area contributed by atoms with Crippen molar-refractivity contribution in [2.75, 3.05) is 11.9 Å². The molecule has 11 heteroatoms. The van der Waals surface area contributed by atoms with E-state index in [-0.39, 0.29) is 41.2 Å². The summed E-state index contributed by atoms with van der Waals surface area (Å²) in [5.41, 5.74) is 7.35. The van der Waals surface area contributed by atoms with E-state index in [1.165, 1.54) is 0 Å². The Morgan fingerprint density at radius 1 is 1.34 bits per heavy atom. The molecule has 4 N–H and O–H groups in total. The topological polar surface area (TPSA) is 127 Å². The van der Waals surface area contributed by atoms with Crippen molar-refractivity contribution >= 4 is 33.3 Å². The summed E-state index contributed by atoms with van der Waals surface area (Å²) in [6.45, 7) is 2.15. The molecule has 4 rings (SSSR count). The van der Waals surface area contributed by atoms with Gasteiger partial charge in [-0.15, -0.1) is 0 Å². The van der Waals surface area contributed by atoms with Gasteiger partial charge in [0, 0.05) is 12.6 Å². The van der Waals surface area contributed by atoms with E-state index >= 15 is 0 Å². The lowest BCUT2D eigenvalue weighted by atomic mass is 9.78. The lowest BCUT2D eigenvalue weighted by molar-refractivity contribution is -0.123. The van der Waals surface area contributed by atoms with Crippen molar-refractivity contribution in [3.63, 3.8) is 0 Å². The highest BCUT2D eigenvalue weighted by atomic mass is 35.5. The normalized spacial score (nSPS) is 26.9. The molecule has 1 amide bonds. The Morgan fingerprint density at radius 3 is 2.84 bits per heavy atom. The van der Waals surface area contributed by atoms with Crippen LogP contribution >= 0.6 is 11.6 Å². The van der Waals surface area contributed by atoms with Crippen molar-refractivity contribution in [3.05, 3.63) is 52.7 Å². The van der Waals surface area contributed by atoms with Gasteiger partial charge in [0.2, 0.25) is 21.2 Å². The fourth-order valence-electron chi connectivity index (χ4n) is 5.25. The average Bonchev–Trinajstić information content (AvgIpc) is 3.27. The Kier molecular flexibility index (Phi) is 6.37. The summed E-state index contributed by atoms with van der Waals surface area (Å²) in [6.07, 6.45) is 2.34. The Hall–Kier alpha value is -2.30. The van der Waals surface area contributed by atoms with Crippen LogP contribution < -0.4 is 15.8 Å². The summed E-state index contributed by atoms with van der Waals surface area (Å²) in [7, 11) is -3.53. The molecule has 2 saturated carbocycles. The lowest BCUT2D eigenvalue weighted by Crippen LogP contribution is -2.47. The van der Waals surface area contributed by atoms with Crippen molar-refractivity contribution in [2.45, 2.75) is 31.6 Å². The van der Waals surface area contributed by atoms with Gasteiger partial charge in [0.25, 0.3) is 0 Å². The third-order valence-electron chi connectivity index (χ3n) is 6.49. The predicted octanol–water partition coefficient (Wildman–Crippen LogP) is 2.24. The first-order valence-corrected chi connectivity index (χ1v) is 12.4. The van der Waals surface area contributed by atoms with E-state index in [9.17, 15) is 17.6 Å². The molecule has 8 nitrogen and oxygen atoms in total. The number of hydrogen-bond acceptors (Lipinski definition) is 6. The molecule has 2 aliphatic carbocycles. The third kappa shape index (κ3) is 4.87. The molecule has 0 spiro atoms. The second kappa shape index (κ2) is 8.92. The number of amides is 1. The van der Waals surface area contributed by atoms with E-state index in [1.54, 1.807) is 6.07 Å². The number of benzene rings is 1. The van der Waals surface area contributed by atoms with Crippen LogP contribution in [0.25, 0.3) is 0 Å². The summed E-state index contributed by atoms with van der Waals surface area (Å²) >= 11 is 5.79. The van der Waals surface area contributed by atoms with Gasteiger partial charge in [-0.05, 0) is 54.7 Å². The van der Waals surface area contributed by atoms with Crippen LogP contribution in [-0.2, 0) is 20.6 Å². The first-order valence-electron chi connectivity index (χ1n) is 10.4. The molecule has 2 fully saturated rings. The van der Waals surface area contributed by atoms with E-state index in [2.05, 4.69) is 20.0 Å². The number of nitrogens with two attached hydrogens (primary N) is 1. The summed E-state index contributed by atoms with van der Waals surface area (Å²) in [6, 6.07) is 6.90. The number of nitrogens with one attached hydrogen (secondary N) is 2. The monoisotopic (exact) mass is 481 g/mol. The molecular weight excluding hydrogens is 457 g/mol. The van der Waals surface area contributed by atoms with E-state index in [1.807, 2.05) is 25.1 Å².